The van der Waals surface area contributed by atoms with Crippen LogP contribution >= 0.6 is 12.6 Å². The number of hydrogen-bond acceptors (Lipinski definition) is 3. The van der Waals surface area contributed by atoms with Crippen molar-refractivity contribution < 1.29 is 9.90 Å². The van der Waals surface area contributed by atoms with Crippen LogP contribution in [-0.4, -0.2) is 29.4 Å². The van der Waals surface area contributed by atoms with E-state index in [1.54, 1.807) is 0 Å². The molecule has 1 atom stereocenters. The van der Waals surface area contributed by atoms with E-state index in [4.69, 9.17) is 5.11 Å². The van der Waals surface area contributed by atoms with E-state index in [9.17, 15) is 4.79 Å². The summed E-state index contributed by atoms with van der Waals surface area (Å²) >= 11 is 4.24. The Balaban J connectivity index is 4.00. The molecule has 1 amide bonds. The third-order valence-corrected chi connectivity index (χ3v) is 3.26. The zero-order valence-corrected chi connectivity index (χ0v) is 11.0. The number of amides is 1. The van der Waals surface area contributed by atoms with Gasteiger partial charge in [-0.2, -0.15) is 12.6 Å². The molecule has 0 spiro atoms. The smallest absolute Gasteiger partial charge is 0.233 e. The molecule has 0 saturated carbocycles. The van der Waals surface area contributed by atoms with Gasteiger partial charge in [-0.05, 0) is 17.8 Å². The predicted octanol–water partition coefficient (Wildman–Crippen LogP) is 1.47. The van der Waals surface area contributed by atoms with Crippen molar-refractivity contribution in [3.05, 3.63) is 0 Å². The SMILES string of the molecule is CC(C)C(S)C(=O)NCC(C)(C)CCO. The fourth-order valence-electron chi connectivity index (χ4n) is 1.12. The molecule has 0 aliphatic heterocycles. The van der Waals surface area contributed by atoms with E-state index in [0.717, 1.165) is 0 Å². The quantitative estimate of drug-likeness (QED) is 0.608. The lowest BCUT2D eigenvalue weighted by Gasteiger charge is -2.25. The van der Waals surface area contributed by atoms with Crippen LogP contribution in [0, 0.1) is 11.3 Å². The first-order valence-electron chi connectivity index (χ1n) is 5.37. The van der Waals surface area contributed by atoms with E-state index in [0.29, 0.717) is 13.0 Å². The highest BCUT2D eigenvalue weighted by molar-refractivity contribution is 7.81. The van der Waals surface area contributed by atoms with Crippen LogP contribution in [0.3, 0.4) is 0 Å². The lowest BCUT2D eigenvalue weighted by atomic mass is 9.89. The molecule has 0 fully saturated rings. The number of carbonyl (C=O) groups excluding carboxylic acids is 1. The molecule has 0 aliphatic carbocycles. The van der Waals surface area contributed by atoms with Crippen molar-refractivity contribution in [1.29, 1.82) is 0 Å². The van der Waals surface area contributed by atoms with Crippen LogP contribution in [0.5, 0.6) is 0 Å². The van der Waals surface area contributed by atoms with Gasteiger partial charge < -0.3 is 10.4 Å². The summed E-state index contributed by atoms with van der Waals surface area (Å²) in [6, 6.07) is 0. The molecule has 0 rings (SSSR count). The van der Waals surface area contributed by atoms with E-state index in [1.807, 2.05) is 27.7 Å². The number of carbonyl (C=O) groups is 1. The van der Waals surface area contributed by atoms with Crippen LogP contribution in [0.4, 0.5) is 0 Å². The number of rotatable bonds is 6. The van der Waals surface area contributed by atoms with Gasteiger partial charge in [0.2, 0.25) is 5.91 Å². The first-order valence-corrected chi connectivity index (χ1v) is 5.88. The summed E-state index contributed by atoms with van der Waals surface area (Å²) in [5.74, 6) is 0.202. The number of nitrogens with one attached hydrogen (secondary N) is 1. The summed E-state index contributed by atoms with van der Waals surface area (Å²) in [5, 5.41) is 11.4. The Morgan fingerprint density at radius 2 is 2.00 bits per heavy atom. The third-order valence-electron chi connectivity index (χ3n) is 2.43. The molecule has 0 radical (unpaired) electrons. The van der Waals surface area contributed by atoms with Gasteiger partial charge in [0.25, 0.3) is 0 Å². The maximum absolute atomic E-state index is 11.6. The highest BCUT2D eigenvalue weighted by Crippen LogP contribution is 2.18. The number of thiol groups is 1. The average Bonchev–Trinajstić information content (AvgIpc) is 2.13. The Bertz CT molecular complexity index is 205. The molecule has 1 unspecified atom stereocenters. The van der Waals surface area contributed by atoms with Crippen LogP contribution < -0.4 is 5.32 Å². The average molecular weight is 233 g/mol. The van der Waals surface area contributed by atoms with Gasteiger partial charge in [-0.1, -0.05) is 27.7 Å². The molecule has 15 heavy (non-hydrogen) atoms. The Hall–Kier alpha value is -0.220. The topological polar surface area (TPSA) is 49.3 Å². The van der Waals surface area contributed by atoms with E-state index in [-0.39, 0.29) is 29.1 Å². The van der Waals surface area contributed by atoms with Crippen molar-refractivity contribution in [2.75, 3.05) is 13.2 Å². The summed E-state index contributed by atoms with van der Waals surface area (Å²) in [4.78, 5) is 11.6. The molecular formula is C11H23NO2S. The second-order valence-corrected chi connectivity index (χ2v) is 5.60. The van der Waals surface area contributed by atoms with Gasteiger partial charge in [-0.15, -0.1) is 0 Å². The zero-order valence-electron chi connectivity index (χ0n) is 10.1. The van der Waals surface area contributed by atoms with Crippen LogP contribution in [-0.2, 0) is 4.79 Å². The molecule has 3 nitrogen and oxygen atoms in total. The third kappa shape index (κ3) is 6.05. The molecule has 0 aromatic carbocycles. The van der Waals surface area contributed by atoms with Crippen molar-refractivity contribution in [3.63, 3.8) is 0 Å². The van der Waals surface area contributed by atoms with Gasteiger partial charge in [0.15, 0.2) is 0 Å². The first-order chi connectivity index (χ1) is 6.80. The Kier molecular flexibility index (Phi) is 6.29. The van der Waals surface area contributed by atoms with Crippen molar-refractivity contribution in [2.24, 2.45) is 11.3 Å². The molecule has 4 heteroatoms. The maximum atomic E-state index is 11.6. The molecule has 2 N–H and O–H groups in total. The Labute approximate surface area is 98.0 Å². The number of hydrogen-bond donors (Lipinski definition) is 3. The summed E-state index contributed by atoms with van der Waals surface area (Å²) in [5.41, 5.74) is -0.0606. The second kappa shape index (κ2) is 6.38. The fraction of sp³-hybridized carbons (Fsp3) is 0.909. The lowest BCUT2D eigenvalue weighted by molar-refractivity contribution is -0.121. The molecule has 0 aromatic heterocycles. The Morgan fingerprint density at radius 1 is 1.47 bits per heavy atom. The predicted molar refractivity (Wildman–Crippen MR) is 66.1 cm³/mol. The van der Waals surface area contributed by atoms with Gasteiger partial charge in [0.1, 0.15) is 0 Å². The van der Waals surface area contributed by atoms with E-state index >= 15 is 0 Å². The van der Waals surface area contributed by atoms with Gasteiger partial charge >= 0.3 is 0 Å². The van der Waals surface area contributed by atoms with Crippen molar-refractivity contribution in [1.82, 2.24) is 5.32 Å². The monoisotopic (exact) mass is 233 g/mol. The second-order valence-electron chi connectivity index (χ2n) is 5.04. The van der Waals surface area contributed by atoms with Crippen molar-refractivity contribution >= 4 is 18.5 Å². The molecule has 0 bridgehead atoms. The van der Waals surface area contributed by atoms with Crippen LogP contribution in [0.25, 0.3) is 0 Å². The minimum atomic E-state index is -0.255. The van der Waals surface area contributed by atoms with Gasteiger partial charge in [0.05, 0.1) is 5.25 Å². The minimum Gasteiger partial charge on any atom is -0.396 e. The molecule has 90 valence electrons. The summed E-state index contributed by atoms with van der Waals surface area (Å²) in [6.45, 7) is 8.71. The van der Waals surface area contributed by atoms with Crippen LogP contribution in [0.1, 0.15) is 34.1 Å². The summed E-state index contributed by atoms with van der Waals surface area (Å²) < 4.78 is 0. The molecule has 0 aromatic rings. The highest BCUT2D eigenvalue weighted by Gasteiger charge is 2.22. The van der Waals surface area contributed by atoms with Crippen molar-refractivity contribution in [2.45, 2.75) is 39.4 Å². The zero-order chi connectivity index (χ0) is 12.1. The minimum absolute atomic E-state index is 0.0284. The van der Waals surface area contributed by atoms with Crippen LogP contribution in [0.2, 0.25) is 0 Å². The highest BCUT2D eigenvalue weighted by atomic mass is 32.1. The molecule has 0 heterocycles. The van der Waals surface area contributed by atoms with Crippen LogP contribution in [0.15, 0.2) is 0 Å². The lowest BCUT2D eigenvalue weighted by Crippen LogP contribution is -2.40. The normalized spacial score (nSPS) is 14.1. The molecule has 0 aliphatic rings. The summed E-state index contributed by atoms with van der Waals surface area (Å²) in [6.07, 6.45) is 0.687. The Morgan fingerprint density at radius 3 is 2.40 bits per heavy atom. The molecule has 0 saturated heterocycles. The van der Waals surface area contributed by atoms with E-state index < -0.39 is 0 Å². The first kappa shape index (κ1) is 14.8. The number of aliphatic hydroxyl groups is 1. The van der Waals surface area contributed by atoms with E-state index in [1.165, 1.54) is 0 Å². The fourth-order valence-corrected chi connectivity index (χ4v) is 1.22. The molecular weight excluding hydrogens is 210 g/mol. The van der Waals surface area contributed by atoms with Gasteiger partial charge in [0, 0.05) is 13.2 Å². The number of aliphatic hydroxyl groups excluding tert-OH is 1. The summed E-state index contributed by atoms with van der Waals surface area (Å²) in [7, 11) is 0. The maximum Gasteiger partial charge on any atom is 0.233 e. The van der Waals surface area contributed by atoms with Crippen molar-refractivity contribution in [3.8, 4) is 0 Å². The van der Waals surface area contributed by atoms with E-state index in [2.05, 4.69) is 17.9 Å². The largest absolute Gasteiger partial charge is 0.396 e. The van der Waals surface area contributed by atoms with Gasteiger partial charge in [-0.3, -0.25) is 4.79 Å². The standard InChI is InChI=1S/C11H23NO2S/c1-8(2)9(15)10(14)12-7-11(3,4)5-6-13/h8-9,13,15H,5-7H2,1-4H3,(H,12,14). The van der Waals surface area contributed by atoms with Gasteiger partial charge in [-0.25, -0.2) is 0 Å².